The maximum Gasteiger partial charge on any atom is 0.257 e. The van der Waals surface area contributed by atoms with Gasteiger partial charge >= 0.3 is 0 Å². The lowest BCUT2D eigenvalue weighted by molar-refractivity contribution is 0.102. The third-order valence-electron chi connectivity index (χ3n) is 3.42. The van der Waals surface area contributed by atoms with Crippen molar-refractivity contribution in [2.24, 2.45) is 0 Å². The van der Waals surface area contributed by atoms with Crippen LogP contribution in [-0.4, -0.2) is 22.0 Å². The summed E-state index contributed by atoms with van der Waals surface area (Å²) in [6.45, 7) is 4.30. The van der Waals surface area contributed by atoms with Gasteiger partial charge in [0.15, 0.2) is 0 Å². The molecule has 1 aromatic carbocycles. The van der Waals surface area contributed by atoms with Crippen molar-refractivity contribution < 1.29 is 4.79 Å². The van der Waals surface area contributed by atoms with Crippen molar-refractivity contribution in [1.82, 2.24) is 14.9 Å². The number of aromatic nitrogens is 2. The Morgan fingerprint density at radius 1 is 1.50 bits per heavy atom. The lowest BCUT2D eigenvalue weighted by Gasteiger charge is -2.18. The Balaban J connectivity index is 1.86. The van der Waals surface area contributed by atoms with Gasteiger partial charge in [-0.3, -0.25) is 4.79 Å². The first-order valence-corrected chi connectivity index (χ1v) is 6.85. The minimum atomic E-state index is -0.161. The van der Waals surface area contributed by atoms with Crippen LogP contribution in [0.5, 0.6) is 0 Å². The van der Waals surface area contributed by atoms with Gasteiger partial charge < -0.3 is 15.2 Å². The molecule has 0 saturated heterocycles. The largest absolute Gasteiger partial charge is 0.312 e. The van der Waals surface area contributed by atoms with Crippen LogP contribution >= 0.6 is 11.6 Å². The van der Waals surface area contributed by atoms with Gasteiger partial charge in [0.25, 0.3) is 5.91 Å². The second-order valence-corrected chi connectivity index (χ2v) is 5.24. The van der Waals surface area contributed by atoms with Crippen molar-refractivity contribution in [3.8, 4) is 0 Å². The maximum absolute atomic E-state index is 12.3. The molecule has 0 atom stereocenters. The molecule has 0 radical (unpaired) electrons. The topological polar surface area (TPSA) is 59.0 Å². The van der Waals surface area contributed by atoms with Gasteiger partial charge in [-0.05, 0) is 24.6 Å². The molecule has 2 N–H and O–H groups in total. The fourth-order valence-electron chi connectivity index (χ4n) is 2.32. The lowest BCUT2D eigenvalue weighted by atomic mass is 10.1. The number of imidazole rings is 1. The van der Waals surface area contributed by atoms with E-state index in [0.717, 1.165) is 36.8 Å². The molecule has 1 aromatic heterocycles. The first-order valence-electron chi connectivity index (χ1n) is 6.48. The standard InChI is InChI=1S/C14H15ClN4O/c1-9-2-3-10(15)6-11(9)14(20)18-13-8-17-12-7-16-4-5-19(12)13/h2-3,6,8,16H,4-5,7H2,1H3,(H,18,20). The number of rotatable bonds is 2. The van der Waals surface area contributed by atoms with Gasteiger partial charge in [0.05, 0.1) is 12.7 Å². The number of fused-ring (bicyclic) bond motifs is 1. The van der Waals surface area contributed by atoms with E-state index in [1.54, 1.807) is 18.3 Å². The fourth-order valence-corrected chi connectivity index (χ4v) is 2.49. The molecule has 20 heavy (non-hydrogen) atoms. The van der Waals surface area contributed by atoms with E-state index in [2.05, 4.69) is 15.6 Å². The highest BCUT2D eigenvalue weighted by Gasteiger charge is 2.17. The van der Waals surface area contributed by atoms with Crippen molar-refractivity contribution in [3.05, 3.63) is 46.4 Å². The number of carbonyl (C=O) groups excluding carboxylic acids is 1. The summed E-state index contributed by atoms with van der Waals surface area (Å²) >= 11 is 5.95. The van der Waals surface area contributed by atoms with Gasteiger partial charge in [0.2, 0.25) is 0 Å². The smallest absolute Gasteiger partial charge is 0.257 e. The van der Waals surface area contributed by atoms with Crippen LogP contribution < -0.4 is 10.6 Å². The van der Waals surface area contributed by atoms with E-state index in [4.69, 9.17) is 11.6 Å². The molecule has 0 fully saturated rings. The molecule has 3 rings (SSSR count). The van der Waals surface area contributed by atoms with E-state index < -0.39 is 0 Å². The fraction of sp³-hybridized carbons (Fsp3) is 0.286. The molecule has 0 bridgehead atoms. The molecule has 0 aliphatic carbocycles. The minimum absolute atomic E-state index is 0.161. The number of nitrogens with one attached hydrogen (secondary N) is 2. The highest BCUT2D eigenvalue weighted by atomic mass is 35.5. The molecule has 6 heteroatoms. The van der Waals surface area contributed by atoms with Crippen LogP contribution in [0.4, 0.5) is 5.82 Å². The summed E-state index contributed by atoms with van der Waals surface area (Å²) in [5.74, 6) is 1.51. The Morgan fingerprint density at radius 2 is 2.35 bits per heavy atom. The molecule has 1 aliphatic heterocycles. The Morgan fingerprint density at radius 3 is 3.20 bits per heavy atom. The zero-order chi connectivity index (χ0) is 14.1. The van der Waals surface area contributed by atoms with E-state index >= 15 is 0 Å². The van der Waals surface area contributed by atoms with Gasteiger partial charge in [0.1, 0.15) is 11.6 Å². The number of amides is 1. The van der Waals surface area contributed by atoms with Gasteiger partial charge in [-0.2, -0.15) is 0 Å². The third kappa shape index (κ3) is 2.42. The Labute approximate surface area is 122 Å². The van der Waals surface area contributed by atoms with Gasteiger partial charge in [-0.1, -0.05) is 17.7 Å². The molecular weight excluding hydrogens is 276 g/mol. The summed E-state index contributed by atoms with van der Waals surface area (Å²) in [5.41, 5.74) is 1.48. The molecule has 0 unspecified atom stereocenters. The van der Waals surface area contributed by atoms with E-state index in [1.165, 1.54) is 0 Å². The van der Waals surface area contributed by atoms with Crippen molar-refractivity contribution in [3.63, 3.8) is 0 Å². The van der Waals surface area contributed by atoms with E-state index in [0.29, 0.717) is 10.6 Å². The first-order chi connectivity index (χ1) is 9.65. The van der Waals surface area contributed by atoms with Gasteiger partial charge in [-0.25, -0.2) is 4.98 Å². The number of carbonyl (C=O) groups is 1. The third-order valence-corrected chi connectivity index (χ3v) is 3.65. The Bertz CT molecular complexity index is 665. The minimum Gasteiger partial charge on any atom is -0.312 e. The molecule has 1 amide bonds. The van der Waals surface area contributed by atoms with Crippen molar-refractivity contribution >= 4 is 23.3 Å². The number of aryl methyl sites for hydroxylation is 1. The second-order valence-electron chi connectivity index (χ2n) is 4.80. The van der Waals surface area contributed by atoms with Crippen LogP contribution in [0, 0.1) is 6.92 Å². The Hall–Kier alpha value is -1.85. The summed E-state index contributed by atoms with van der Waals surface area (Å²) in [6, 6.07) is 5.30. The molecular formula is C14H15ClN4O. The van der Waals surface area contributed by atoms with Crippen molar-refractivity contribution in [1.29, 1.82) is 0 Å². The SMILES string of the molecule is Cc1ccc(Cl)cc1C(=O)Nc1cnc2n1CCNC2. The maximum atomic E-state index is 12.3. The summed E-state index contributed by atoms with van der Waals surface area (Å²) in [5, 5.41) is 6.71. The summed E-state index contributed by atoms with van der Waals surface area (Å²) in [4.78, 5) is 16.6. The quantitative estimate of drug-likeness (QED) is 0.891. The van der Waals surface area contributed by atoms with E-state index in [-0.39, 0.29) is 5.91 Å². The molecule has 0 spiro atoms. The first kappa shape index (κ1) is 13.1. The number of anilines is 1. The number of nitrogens with zero attached hydrogens (tertiary/aromatic N) is 2. The number of hydrogen-bond acceptors (Lipinski definition) is 3. The normalized spacial score (nSPS) is 13.9. The van der Waals surface area contributed by atoms with Crippen LogP contribution in [0.1, 0.15) is 21.7 Å². The predicted molar refractivity (Wildman–Crippen MR) is 78.1 cm³/mol. The molecule has 5 nitrogen and oxygen atoms in total. The highest BCUT2D eigenvalue weighted by Crippen LogP contribution is 2.19. The monoisotopic (exact) mass is 290 g/mol. The zero-order valence-corrected chi connectivity index (χ0v) is 11.9. The molecule has 104 valence electrons. The van der Waals surface area contributed by atoms with Crippen LogP contribution in [0.2, 0.25) is 5.02 Å². The van der Waals surface area contributed by atoms with Crippen LogP contribution in [0.15, 0.2) is 24.4 Å². The second kappa shape index (κ2) is 5.26. The summed E-state index contributed by atoms with van der Waals surface area (Å²) in [6.07, 6.45) is 1.69. The number of benzene rings is 1. The number of hydrogen-bond donors (Lipinski definition) is 2. The highest BCUT2D eigenvalue weighted by molar-refractivity contribution is 6.31. The van der Waals surface area contributed by atoms with Crippen LogP contribution in [0.25, 0.3) is 0 Å². The average Bonchev–Trinajstić information content (AvgIpc) is 2.85. The van der Waals surface area contributed by atoms with E-state index in [1.807, 2.05) is 17.6 Å². The molecule has 2 heterocycles. The average molecular weight is 291 g/mol. The summed E-state index contributed by atoms with van der Waals surface area (Å²) in [7, 11) is 0. The zero-order valence-electron chi connectivity index (χ0n) is 11.1. The van der Waals surface area contributed by atoms with Crippen molar-refractivity contribution in [2.45, 2.75) is 20.0 Å². The Kier molecular flexibility index (Phi) is 3.46. The van der Waals surface area contributed by atoms with E-state index in [9.17, 15) is 4.79 Å². The molecule has 0 saturated carbocycles. The molecule has 2 aromatic rings. The van der Waals surface area contributed by atoms with Crippen LogP contribution in [-0.2, 0) is 13.1 Å². The molecule has 1 aliphatic rings. The van der Waals surface area contributed by atoms with Crippen LogP contribution in [0.3, 0.4) is 0 Å². The summed E-state index contributed by atoms with van der Waals surface area (Å²) < 4.78 is 2.02. The van der Waals surface area contributed by atoms with Gasteiger partial charge in [0, 0.05) is 23.7 Å². The lowest BCUT2D eigenvalue weighted by Crippen LogP contribution is -2.29. The predicted octanol–water partition coefficient (Wildman–Crippen LogP) is 2.20. The number of halogens is 1. The van der Waals surface area contributed by atoms with Crippen molar-refractivity contribution in [2.75, 3.05) is 11.9 Å². The van der Waals surface area contributed by atoms with Gasteiger partial charge in [-0.15, -0.1) is 0 Å².